The number of nitriles is 1. The summed E-state index contributed by atoms with van der Waals surface area (Å²) in [5.74, 6) is -0.211. The molecule has 0 atom stereocenters. The molecule has 1 aromatic rings. The van der Waals surface area contributed by atoms with Crippen molar-refractivity contribution < 1.29 is 18.0 Å². The van der Waals surface area contributed by atoms with E-state index in [4.69, 9.17) is 5.26 Å². The Labute approximate surface area is 108 Å². The molecule has 1 amide bonds. The van der Waals surface area contributed by atoms with Crippen LogP contribution in [0.4, 0.5) is 18.9 Å². The third-order valence-electron chi connectivity index (χ3n) is 2.41. The van der Waals surface area contributed by atoms with E-state index in [0.717, 1.165) is 12.1 Å². The minimum absolute atomic E-state index is 0.151. The van der Waals surface area contributed by atoms with Gasteiger partial charge in [0.15, 0.2) is 0 Å². The van der Waals surface area contributed by atoms with Gasteiger partial charge in [-0.1, -0.05) is 0 Å². The number of rotatable bonds is 4. The van der Waals surface area contributed by atoms with Crippen LogP contribution < -0.4 is 10.6 Å². The first-order valence-corrected chi connectivity index (χ1v) is 5.44. The fourth-order valence-electron chi connectivity index (χ4n) is 1.43. The van der Waals surface area contributed by atoms with Gasteiger partial charge in [0.25, 0.3) is 0 Å². The number of benzene rings is 1. The Morgan fingerprint density at radius 3 is 2.63 bits per heavy atom. The maximum atomic E-state index is 12.7. The molecule has 0 spiro atoms. The smallest absolute Gasteiger partial charge is 0.385 e. The van der Waals surface area contributed by atoms with Gasteiger partial charge in [-0.3, -0.25) is 4.79 Å². The fourth-order valence-corrected chi connectivity index (χ4v) is 1.43. The van der Waals surface area contributed by atoms with Crippen LogP contribution in [0.5, 0.6) is 0 Å². The summed E-state index contributed by atoms with van der Waals surface area (Å²) in [6.07, 6.45) is -4.43. The second kappa shape index (κ2) is 6.09. The van der Waals surface area contributed by atoms with Crippen LogP contribution in [-0.2, 0) is 11.0 Å². The highest BCUT2D eigenvalue weighted by Crippen LogP contribution is 2.33. The Bertz CT molecular complexity index is 506. The number of halogens is 3. The van der Waals surface area contributed by atoms with Gasteiger partial charge in [-0.15, -0.1) is 0 Å². The molecule has 2 N–H and O–H groups in total. The van der Waals surface area contributed by atoms with Gasteiger partial charge in [-0.05, 0) is 18.2 Å². The van der Waals surface area contributed by atoms with Gasteiger partial charge < -0.3 is 10.6 Å². The molecule has 0 aliphatic rings. The lowest BCUT2D eigenvalue weighted by Crippen LogP contribution is -2.21. The van der Waals surface area contributed by atoms with Crippen LogP contribution in [0.25, 0.3) is 0 Å². The molecule has 102 valence electrons. The maximum absolute atomic E-state index is 12.7. The van der Waals surface area contributed by atoms with Crippen LogP contribution in [0.15, 0.2) is 18.2 Å². The summed E-state index contributed by atoms with van der Waals surface area (Å²) in [6.45, 7) is 0.211. The minimum Gasteiger partial charge on any atom is -0.385 e. The van der Waals surface area contributed by atoms with Crippen molar-refractivity contribution in [2.45, 2.75) is 12.6 Å². The quantitative estimate of drug-likeness (QED) is 0.881. The Kier molecular flexibility index (Phi) is 4.75. The van der Waals surface area contributed by atoms with Gasteiger partial charge >= 0.3 is 6.18 Å². The highest BCUT2D eigenvalue weighted by atomic mass is 19.4. The number of amides is 1. The van der Waals surface area contributed by atoms with E-state index in [1.807, 2.05) is 0 Å². The van der Waals surface area contributed by atoms with Gasteiger partial charge in [0.05, 0.1) is 17.2 Å². The maximum Gasteiger partial charge on any atom is 0.417 e. The number of hydrogen-bond donors (Lipinski definition) is 2. The minimum atomic E-state index is -4.58. The Morgan fingerprint density at radius 1 is 1.42 bits per heavy atom. The molecule has 1 aromatic carbocycles. The number of nitrogens with one attached hydrogen (secondary N) is 2. The highest BCUT2D eigenvalue weighted by Gasteiger charge is 2.33. The van der Waals surface area contributed by atoms with E-state index in [1.165, 1.54) is 19.2 Å². The second-order valence-electron chi connectivity index (χ2n) is 3.72. The van der Waals surface area contributed by atoms with E-state index in [9.17, 15) is 18.0 Å². The zero-order chi connectivity index (χ0) is 14.5. The van der Waals surface area contributed by atoms with Crippen LogP contribution in [-0.4, -0.2) is 19.5 Å². The molecule has 0 aliphatic carbocycles. The van der Waals surface area contributed by atoms with E-state index in [-0.39, 0.29) is 24.6 Å². The first-order chi connectivity index (χ1) is 8.88. The Hall–Kier alpha value is -2.23. The molecule has 0 saturated carbocycles. The van der Waals surface area contributed by atoms with Crippen molar-refractivity contribution in [3.8, 4) is 6.07 Å². The predicted octanol–water partition coefficient (Wildman–Crippen LogP) is 2.13. The molecule has 0 heterocycles. The van der Waals surface area contributed by atoms with Crippen molar-refractivity contribution in [1.82, 2.24) is 5.32 Å². The van der Waals surface area contributed by atoms with Crippen molar-refractivity contribution in [3.05, 3.63) is 29.3 Å². The molecule has 0 saturated heterocycles. The average molecular weight is 271 g/mol. The van der Waals surface area contributed by atoms with Gasteiger partial charge in [0.1, 0.15) is 0 Å². The van der Waals surface area contributed by atoms with Gasteiger partial charge in [0.2, 0.25) is 5.91 Å². The van der Waals surface area contributed by atoms with Gasteiger partial charge in [0, 0.05) is 25.7 Å². The molecule has 7 heteroatoms. The Balaban J connectivity index is 2.82. The lowest BCUT2D eigenvalue weighted by molar-refractivity contribution is -0.137. The molecular weight excluding hydrogens is 259 g/mol. The normalized spacial score (nSPS) is 10.7. The SMILES string of the molecule is CNC(=O)CCNc1ccc(C#N)c(C(F)(F)F)c1. The second-order valence-corrected chi connectivity index (χ2v) is 3.72. The third kappa shape index (κ3) is 4.17. The molecule has 0 radical (unpaired) electrons. The summed E-state index contributed by atoms with van der Waals surface area (Å²) in [4.78, 5) is 11.0. The van der Waals surface area contributed by atoms with Crippen molar-refractivity contribution >= 4 is 11.6 Å². The molecular formula is C12H12F3N3O. The molecule has 19 heavy (non-hydrogen) atoms. The van der Waals surface area contributed by atoms with Crippen LogP contribution in [0.2, 0.25) is 0 Å². The van der Waals surface area contributed by atoms with Crippen LogP contribution in [0, 0.1) is 11.3 Å². The lowest BCUT2D eigenvalue weighted by Gasteiger charge is -2.12. The molecule has 0 aliphatic heterocycles. The van der Waals surface area contributed by atoms with Crippen molar-refractivity contribution in [2.24, 2.45) is 0 Å². The molecule has 0 unspecified atom stereocenters. The summed E-state index contributed by atoms with van der Waals surface area (Å²) in [5, 5.41) is 13.7. The van der Waals surface area contributed by atoms with Crippen molar-refractivity contribution in [3.63, 3.8) is 0 Å². The molecule has 0 bridgehead atoms. The summed E-state index contributed by atoms with van der Waals surface area (Å²) in [6, 6.07) is 4.84. The summed E-state index contributed by atoms with van der Waals surface area (Å²) < 4.78 is 38.0. The average Bonchev–Trinajstić information content (AvgIpc) is 2.37. The van der Waals surface area contributed by atoms with Crippen LogP contribution >= 0.6 is 0 Å². The van der Waals surface area contributed by atoms with Gasteiger partial charge in [-0.2, -0.15) is 18.4 Å². The zero-order valence-electron chi connectivity index (χ0n) is 10.1. The van der Waals surface area contributed by atoms with E-state index in [0.29, 0.717) is 0 Å². The molecule has 0 fully saturated rings. The lowest BCUT2D eigenvalue weighted by atomic mass is 10.1. The topological polar surface area (TPSA) is 64.9 Å². The highest BCUT2D eigenvalue weighted by molar-refractivity contribution is 5.76. The number of carbonyl (C=O) groups is 1. The summed E-state index contributed by atoms with van der Waals surface area (Å²) in [5.41, 5.74) is -1.19. The molecule has 4 nitrogen and oxygen atoms in total. The monoisotopic (exact) mass is 271 g/mol. The molecule has 1 rings (SSSR count). The predicted molar refractivity (Wildman–Crippen MR) is 63.3 cm³/mol. The number of nitrogens with zero attached hydrogens (tertiary/aromatic N) is 1. The number of alkyl halides is 3. The van der Waals surface area contributed by atoms with Crippen molar-refractivity contribution in [2.75, 3.05) is 18.9 Å². The number of hydrogen-bond acceptors (Lipinski definition) is 3. The largest absolute Gasteiger partial charge is 0.417 e. The zero-order valence-corrected chi connectivity index (χ0v) is 10.1. The fraction of sp³-hybridized carbons (Fsp3) is 0.333. The van der Waals surface area contributed by atoms with Crippen LogP contribution in [0.1, 0.15) is 17.5 Å². The van der Waals surface area contributed by atoms with Gasteiger partial charge in [-0.25, -0.2) is 0 Å². The standard InChI is InChI=1S/C12H12F3N3O/c1-17-11(19)4-5-18-9-3-2-8(7-16)10(6-9)12(13,14)15/h2-3,6,18H,4-5H2,1H3,(H,17,19). The van der Waals surface area contributed by atoms with Crippen LogP contribution in [0.3, 0.4) is 0 Å². The number of carbonyl (C=O) groups excluding carboxylic acids is 1. The van der Waals surface area contributed by atoms with E-state index in [2.05, 4.69) is 10.6 Å². The first kappa shape index (κ1) is 14.8. The van der Waals surface area contributed by atoms with E-state index >= 15 is 0 Å². The Morgan fingerprint density at radius 2 is 2.11 bits per heavy atom. The van der Waals surface area contributed by atoms with Crippen molar-refractivity contribution in [1.29, 1.82) is 5.26 Å². The summed E-state index contributed by atoms with van der Waals surface area (Å²) in [7, 11) is 1.48. The third-order valence-corrected chi connectivity index (χ3v) is 2.41. The first-order valence-electron chi connectivity index (χ1n) is 5.44. The summed E-state index contributed by atoms with van der Waals surface area (Å²) >= 11 is 0. The number of anilines is 1. The van der Waals surface area contributed by atoms with E-state index in [1.54, 1.807) is 0 Å². The molecule has 0 aromatic heterocycles. The van der Waals surface area contributed by atoms with E-state index < -0.39 is 17.3 Å².